The summed E-state index contributed by atoms with van der Waals surface area (Å²) in [5.74, 6) is 1.89. The first-order chi connectivity index (χ1) is 13.3. The summed E-state index contributed by atoms with van der Waals surface area (Å²) in [6, 6.07) is 5.48. The van der Waals surface area contributed by atoms with Gasteiger partial charge in [0.15, 0.2) is 0 Å². The Balaban J connectivity index is 0.00000225. The van der Waals surface area contributed by atoms with Crippen molar-refractivity contribution in [3.8, 4) is 5.75 Å². The Morgan fingerprint density at radius 3 is 2.71 bits per heavy atom. The van der Waals surface area contributed by atoms with Gasteiger partial charge >= 0.3 is 0 Å². The minimum absolute atomic E-state index is 0. The van der Waals surface area contributed by atoms with Crippen molar-refractivity contribution in [2.24, 2.45) is 5.92 Å². The smallest absolute Gasteiger partial charge is 0.258 e. The molecule has 4 rings (SSSR count). The average molecular weight is 385 g/mol. The molecular weight excluding hydrogens is 357 g/mol. The van der Waals surface area contributed by atoms with Crippen molar-refractivity contribution in [3.63, 3.8) is 0 Å². The molecule has 2 aliphatic rings. The molecule has 2 aromatic rings. The number of aromatic nitrogens is 2. The molecule has 1 aromatic carbocycles. The highest BCUT2D eigenvalue weighted by molar-refractivity contribution is 5.79. The lowest BCUT2D eigenvalue weighted by Crippen LogP contribution is -2.30. The predicted octanol–water partition coefficient (Wildman–Crippen LogP) is 1.35. The molecule has 0 amide bonds. The minimum atomic E-state index is -0.143. The molecule has 2 fully saturated rings. The van der Waals surface area contributed by atoms with Crippen LogP contribution in [0.1, 0.15) is 31.5 Å². The first kappa shape index (κ1) is 20.8. The molecule has 0 unspecified atom stereocenters. The Kier molecular flexibility index (Phi) is 7.47. The lowest BCUT2D eigenvalue weighted by Gasteiger charge is -2.22. The number of aromatic amines is 1. The highest BCUT2D eigenvalue weighted by atomic mass is 16.5. The van der Waals surface area contributed by atoms with Crippen LogP contribution in [-0.4, -0.2) is 57.4 Å². The van der Waals surface area contributed by atoms with E-state index >= 15 is 0 Å². The second-order valence-electron chi connectivity index (χ2n) is 7.32. The van der Waals surface area contributed by atoms with Gasteiger partial charge in [-0.3, -0.25) is 4.79 Å². The van der Waals surface area contributed by atoms with Gasteiger partial charge in [-0.2, -0.15) is 0 Å². The zero-order valence-electron chi connectivity index (χ0n) is 16.2. The fourth-order valence-electron chi connectivity index (χ4n) is 3.63. The lowest BCUT2D eigenvalue weighted by molar-refractivity contribution is -0.0408. The largest absolute Gasteiger partial charge is 0.493 e. The Morgan fingerprint density at radius 2 is 1.93 bits per heavy atom. The first-order valence-electron chi connectivity index (χ1n) is 9.84. The van der Waals surface area contributed by atoms with E-state index in [9.17, 15) is 4.79 Å². The number of piperidine rings is 1. The number of ether oxygens (including phenoxy) is 3. The van der Waals surface area contributed by atoms with E-state index in [0.29, 0.717) is 35.9 Å². The van der Waals surface area contributed by atoms with Gasteiger partial charge in [0, 0.05) is 27.7 Å². The normalized spacial score (nSPS) is 18.7. The van der Waals surface area contributed by atoms with Crippen LogP contribution in [-0.2, 0) is 16.1 Å². The predicted molar refractivity (Wildman–Crippen MR) is 109 cm³/mol. The van der Waals surface area contributed by atoms with E-state index in [-0.39, 0.29) is 20.1 Å². The molecule has 0 atom stereocenters. The van der Waals surface area contributed by atoms with E-state index in [1.807, 2.05) is 12.1 Å². The summed E-state index contributed by atoms with van der Waals surface area (Å²) in [5, 5.41) is 3.93. The van der Waals surface area contributed by atoms with Crippen LogP contribution in [0.25, 0.3) is 10.9 Å². The zero-order valence-corrected chi connectivity index (χ0v) is 16.2. The van der Waals surface area contributed by atoms with Gasteiger partial charge in [0.05, 0.1) is 23.6 Å². The van der Waals surface area contributed by atoms with Crippen molar-refractivity contribution in [3.05, 3.63) is 34.4 Å². The first-order valence-corrected chi connectivity index (χ1v) is 9.84. The molecule has 8 heteroatoms. The quantitative estimate of drug-likeness (QED) is 0.731. The van der Waals surface area contributed by atoms with E-state index in [1.54, 1.807) is 6.07 Å². The second kappa shape index (κ2) is 10.0. The number of benzene rings is 1. The molecule has 2 radical (unpaired) electrons. The van der Waals surface area contributed by atoms with E-state index < -0.39 is 0 Å². The summed E-state index contributed by atoms with van der Waals surface area (Å²) in [4.78, 5) is 19.7. The van der Waals surface area contributed by atoms with Gasteiger partial charge in [-0.1, -0.05) is 0 Å². The molecule has 2 saturated heterocycles. The number of hydrogen-bond donors (Lipinski definition) is 2. The molecule has 150 valence electrons. The van der Waals surface area contributed by atoms with Gasteiger partial charge in [-0.15, -0.1) is 0 Å². The summed E-state index contributed by atoms with van der Waals surface area (Å²) in [5.41, 5.74) is 0.502. The monoisotopic (exact) mass is 385 g/mol. The summed E-state index contributed by atoms with van der Waals surface area (Å²) < 4.78 is 17.2. The van der Waals surface area contributed by atoms with Gasteiger partial charge in [-0.25, -0.2) is 4.98 Å². The van der Waals surface area contributed by atoms with Crippen LogP contribution < -0.4 is 15.6 Å². The van der Waals surface area contributed by atoms with E-state index in [4.69, 9.17) is 14.2 Å². The van der Waals surface area contributed by atoms with Gasteiger partial charge in [0.25, 0.3) is 5.56 Å². The number of hydrogen-bond acceptors (Lipinski definition) is 6. The molecular formula is C20H28BN3O4. The summed E-state index contributed by atoms with van der Waals surface area (Å²) in [6.45, 7) is 4.57. The summed E-state index contributed by atoms with van der Waals surface area (Å²) >= 11 is 0. The molecule has 0 saturated carbocycles. The minimum Gasteiger partial charge on any atom is -0.493 e. The van der Waals surface area contributed by atoms with Crippen molar-refractivity contribution in [1.29, 1.82) is 0 Å². The standard InChI is InChI=1S/C20H27N3O4.BH/c24-20-17-2-1-16(26-12-14-3-7-21-8-4-14)11-18(17)22-19(23-20)13-27-15-5-9-25-10-6-15;/h1-2,11,14-15,21H,3-10,12-13H2,(H,22,23,24);1H. The van der Waals surface area contributed by atoms with Crippen molar-refractivity contribution < 1.29 is 14.2 Å². The number of rotatable bonds is 6. The van der Waals surface area contributed by atoms with Crippen molar-refractivity contribution in [2.45, 2.75) is 38.4 Å². The van der Waals surface area contributed by atoms with Gasteiger partial charge in [0.2, 0.25) is 0 Å². The Hall–Kier alpha value is -1.90. The third-order valence-corrected chi connectivity index (χ3v) is 5.30. The molecule has 3 heterocycles. The molecule has 7 nitrogen and oxygen atoms in total. The van der Waals surface area contributed by atoms with Gasteiger partial charge in [0.1, 0.15) is 18.2 Å². The fraction of sp³-hybridized carbons (Fsp3) is 0.600. The van der Waals surface area contributed by atoms with Crippen molar-refractivity contribution >= 4 is 19.3 Å². The fourth-order valence-corrected chi connectivity index (χ4v) is 3.63. The van der Waals surface area contributed by atoms with Gasteiger partial charge < -0.3 is 24.5 Å². The second-order valence-corrected chi connectivity index (χ2v) is 7.32. The summed E-state index contributed by atoms with van der Waals surface area (Å²) in [6.07, 6.45) is 4.21. The Bertz CT molecular complexity index is 811. The maximum absolute atomic E-state index is 12.3. The van der Waals surface area contributed by atoms with E-state index in [1.165, 1.54) is 0 Å². The molecule has 28 heavy (non-hydrogen) atoms. The van der Waals surface area contributed by atoms with Crippen LogP contribution in [0.3, 0.4) is 0 Å². The van der Waals surface area contributed by atoms with Crippen LogP contribution in [0.2, 0.25) is 0 Å². The van der Waals surface area contributed by atoms with Crippen LogP contribution in [0.4, 0.5) is 0 Å². The number of nitrogens with zero attached hydrogens (tertiary/aromatic N) is 1. The SMILES string of the molecule is O=c1[nH]c(COC2CCOCC2)nc2cc(OCC3CCNCC3)ccc12.[BH]. The van der Waals surface area contributed by atoms with Crippen LogP contribution in [0.5, 0.6) is 5.75 Å². The topological polar surface area (TPSA) is 85.5 Å². The summed E-state index contributed by atoms with van der Waals surface area (Å²) in [7, 11) is 0. The number of H-pyrrole nitrogens is 1. The number of fused-ring (bicyclic) bond motifs is 1. The zero-order chi connectivity index (χ0) is 18.5. The maximum Gasteiger partial charge on any atom is 0.258 e. The van der Waals surface area contributed by atoms with Gasteiger partial charge in [-0.05, 0) is 56.8 Å². The maximum atomic E-state index is 12.3. The van der Waals surface area contributed by atoms with Crippen molar-refractivity contribution in [2.75, 3.05) is 32.9 Å². The van der Waals surface area contributed by atoms with E-state index in [2.05, 4.69) is 15.3 Å². The highest BCUT2D eigenvalue weighted by Crippen LogP contribution is 2.20. The van der Waals surface area contributed by atoms with Crippen LogP contribution in [0, 0.1) is 5.92 Å². The molecule has 0 spiro atoms. The van der Waals surface area contributed by atoms with Crippen LogP contribution >= 0.6 is 0 Å². The van der Waals surface area contributed by atoms with Crippen LogP contribution in [0.15, 0.2) is 23.0 Å². The lowest BCUT2D eigenvalue weighted by atomic mass is 9.99. The molecule has 2 aliphatic heterocycles. The average Bonchev–Trinajstić information content (AvgIpc) is 2.72. The number of nitrogens with one attached hydrogen (secondary N) is 2. The molecule has 2 N–H and O–H groups in total. The molecule has 0 aliphatic carbocycles. The third kappa shape index (κ3) is 5.34. The highest BCUT2D eigenvalue weighted by Gasteiger charge is 2.16. The van der Waals surface area contributed by atoms with E-state index in [0.717, 1.165) is 57.7 Å². The molecule has 0 bridgehead atoms. The van der Waals surface area contributed by atoms with Crippen molar-refractivity contribution in [1.82, 2.24) is 15.3 Å². The third-order valence-electron chi connectivity index (χ3n) is 5.30. The Labute approximate surface area is 166 Å². The molecule has 1 aromatic heterocycles. The Morgan fingerprint density at radius 1 is 1.14 bits per heavy atom.